The van der Waals surface area contributed by atoms with E-state index in [0.29, 0.717) is 24.8 Å². The molecule has 2 amide bonds. The van der Waals surface area contributed by atoms with E-state index in [1.807, 2.05) is 28.9 Å². The molecule has 8 heteroatoms. The van der Waals surface area contributed by atoms with Crippen molar-refractivity contribution in [2.24, 2.45) is 0 Å². The molecule has 2 heterocycles. The molecule has 0 spiro atoms. The number of nitrogens with two attached hydrogens (primary N) is 1. The van der Waals surface area contributed by atoms with Crippen molar-refractivity contribution in [3.8, 4) is 0 Å². The van der Waals surface area contributed by atoms with Crippen LogP contribution in [0.15, 0.2) is 66.5 Å². The minimum atomic E-state index is -0.212. The lowest BCUT2D eigenvalue weighted by Crippen LogP contribution is -2.40. The molecule has 0 bridgehead atoms. The van der Waals surface area contributed by atoms with E-state index in [2.05, 4.69) is 56.8 Å². The predicted octanol–water partition coefficient (Wildman–Crippen LogP) is 3.16. The molecule has 4 rings (SSSR count). The van der Waals surface area contributed by atoms with Gasteiger partial charge in [0.15, 0.2) is 0 Å². The van der Waals surface area contributed by atoms with E-state index in [1.54, 1.807) is 0 Å². The van der Waals surface area contributed by atoms with E-state index in [9.17, 15) is 4.79 Å². The summed E-state index contributed by atoms with van der Waals surface area (Å²) in [6, 6.07) is 7.56. The minimum Gasteiger partial charge on any atom is -0.399 e. The number of nitrogens with zero attached hydrogens (tertiary/aromatic N) is 4. The van der Waals surface area contributed by atoms with Gasteiger partial charge in [-0.1, -0.05) is 47.7 Å². The summed E-state index contributed by atoms with van der Waals surface area (Å²) in [4.78, 5) is 14.5. The third kappa shape index (κ3) is 6.47. The van der Waals surface area contributed by atoms with Crippen LogP contribution < -0.4 is 16.4 Å². The number of rotatable bonds is 9. The summed E-state index contributed by atoms with van der Waals surface area (Å²) in [6.07, 6.45) is 13.8. The monoisotopic (exact) mass is 447 g/mol. The highest BCUT2D eigenvalue weighted by atomic mass is 16.2. The van der Waals surface area contributed by atoms with Crippen LogP contribution >= 0.6 is 0 Å². The quantitative estimate of drug-likeness (QED) is 0.513. The molecule has 4 N–H and O–H groups in total. The summed E-state index contributed by atoms with van der Waals surface area (Å²) in [5, 5.41) is 14.5. The molecule has 33 heavy (non-hydrogen) atoms. The van der Waals surface area contributed by atoms with Crippen molar-refractivity contribution in [3.63, 3.8) is 0 Å². The molecule has 1 aliphatic heterocycles. The number of hydrogen-bond donors (Lipinski definition) is 3. The van der Waals surface area contributed by atoms with Crippen LogP contribution in [0.4, 0.5) is 10.5 Å². The van der Waals surface area contributed by atoms with Crippen LogP contribution in [0.1, 0.15) is 36.9 Å². The van der Waals surface area contributed by atoms with Gasteiger partial charge in [-0.3, -0.25) is 4.68 Å². The average molecular weight is 448 g/mol. The third-order valence-electron chi connectivity index (χ3n) is 6.16. The van der Waals surface area contributed by atoms with E-state index < -0.39 is 0 Å². The van der Waals surface area contributed by atoms with Crippen molar-refractivity contribution in [1.29, 1.82) is 0 Å². The summed E-state index contributed by atoms with van der Waals surface area (Å²) in [5.74, 6) is 0. The van der Waals surface area contributed by atoms with Crippen molar-refractivity contribution in [2.45, 2.75) is 51.2 Å². The molecule has 2 aromatic rings. The van der Waals surface area contributed by atoms with Gasteiger partial charge in [0.05, 0.1) is 18.8 Å². The topological polar surface area (TPSA) is 101 Å². The van der Waals surface area contributed by atoms with Crippen molar-refractivity contribution >= 4 is 11.7 Å². The molecule has 0 unspecified atom stereocenters. The zero-order chi connectivity index (χ0) is 23.0. The molecule has 1 aromatic carbocycles. The Bertz CT molecular complexity index is 1020. The number of allylic oxidation sites excluding steroid dienone is 4. The number of nitrogens with one attached hydrogen (secondary N) is 2. The SMILES string of the molecule is C=C(CNC(=O)NCc1ccc(N)cc1)N1CCC[C@@H]1Cn1cc(CC2=CC=CCC2)nn1. The Morgan fingerprint density at radius 3 is 2.88 bits per heavy atom. The largest absolute Gasteiger partial charge is 0.399 e. The number of urea groups is 1. The van der Waals surface area contributed by atoms with Gasteiger partial charge >= 0.3 is 6.03 Å². The zero-order valence-corrected chi connectivity index (χ0v) is 19.0. The van der Waals surface area contributed by atoms with Crippen LogP contribution in [0, 0.1) is 0 Å². The van der Waals surface area contributed by atoms with Crippen LogP contribution in [-0.2, 0) is 19.5 Å². The molecule has 2 aliphatic rings. The van der Waals surface area contributed by atoms with Crippen LogP contribution in [0.3, 0.4) is 0 Å². The van der Waals surface area contributed by atoms with E-state index in [1.165, 1.54) is 5.57 Å². The third-order valence-corrected chi connectivity index (χ3v) is 6.16. The fourth-order valence-electron chi connectivity index (χ4n) is 4.36. The van der Waals surface area contributed by atoms with Crippen LogP contribution in [-0.4, -0.2) is 45.1 Å². The Labute approximate surface area is 195 Å². The fraction of sp³-hybridized carbons (Fsp3) is 0.400. The molecule has 1 fully saturated rings. The summed E-state index contributed by atoms with van der Waals surface area (Å²) < 4.78 is 1.94. The van der Waals surface area contributed by atoms with Gasteiger partial charge in [0.1, 0.15) is 0 Å². The number of anilines is 1. The number of nitrogen functional groups attached to an aromatic ring is 1. The molecule has 1 aliphatic carbocycles. The Kier molecular flexibility index (Phi) is 7.44. The lowest BCUT2D eigenvalue weighted by Gasteiger charge is -2.28. The highest BCUT2D eigenvalue weighted by Gasteiger charge is 2.26. The van der Waals surface area contributed by atoms with Gasteiger partial charge in [0.25, 0.3) is 0 Å². The van der Waals surface area contributed by atoms with Crippen LogP contribution in [0.2, 0.25) is 0 Å². The second-order valence-electron chi connectivity index (χ2n) is 8.73. The number of likely N-dealkylation sites (tertiary alicyclic amines) is 1. The maximum absolute atomic E-state index is 12.2. The molecule has 0 saturated carbocycles. The summed E-state index contributed by atoms with van der Waals surface area (Å²) >= 11 is 0. The standard InChI is InChI=1S/C25H33N7O/c1-19(15-27-25(33)28-16-21-9-11-22(26)12-10-21)32-13-5-8-24(32)18-31-17-23(29-30-31)14-20-6-3-2-4-7-20/h2-3,6,9-12,17,24H,1,4-5,7-8,13-16,18,26H2,(H2,27,28,33)/t24-/m1/s1. The van der Waals surface area contributed by atoms with Gasteiger partial charge in [-0.15, -0.1) is 5.10 Å². The second kappa shape index (κ2) is 10.8. The Balaban J connectivity index is 1.22. The molecular formula is C25H33N7O. The Morgan fingerprint density at radius 2 is 2.09 bits per heavy atom. The molecular weight excluding hydrogens is 414 g/mol. The van der Waals surface area contributed by atoms with E-state index >= 15 is 0 Å². The Morgan fingerprint density at radius 1 is 1.24 bits per heavy atom. The number of carbonyl (C=O) groups excluding carboxylic acids is 1. The maximum Gasteiger partial charge on any atom is 0.315 e. The first-order chi connectivity index (χ1) is 16.1. The van der Waals surface area contributed by atoms with Gasteiger partial charge in [-0.05, 0) is 43.4 Å². The Hall–Kier alpha value is -3.55. The number of hydrogen-bond acceptors (Lipinski definition) is 5. The van der Waals surface area contributed by atoms with E-state index in [-0.39, 0.29) is 6.03 Å². The minimum absolute atomic E-state index is 0.212. The number of benzene rings is 1. The lowest BCUT2D eigenvalue weighted by atomic mass is 10.0. The normalized spacial score (nSPS) is 17.6. The van der Waals surface area contributed by atoms with Gasteiger partial charge in [0.2, 0.25) is 0 Å². The highest BCUT2D eigenvalue weighted by Crippen LogP contribution is 2.23. The highest BCUT2D eigenvalue weighted by molar-refractivity contribution is 5.74. The molecule has 8 nitrogen and oxygen atoms in total. The molecule has 0 radical (unpaired) electrons. The summed E-state index contributed by atoms with van der Waals surface area (Å²) in [7, 11) is 0. The van der Waals surface area contributed by atoms with E-state index in [0.717, 1.165) is 62.1 Å². The average Bonchev–Trinajstić information content (AvgIpc) is 3.47. The van der Waals surface area contributed by atoms with Gasteiger partial charge in [-0.25, -0.2) is 4.79 Å². The van der Waals surface area contributed by atoms with Crippen LogP contribution in [0.25, 0.3) is 0 Å². The molecule has 174 valence electrons. The van der Waals surface area contributed by atoms with Gasteiger partial charge in [-0.2, -0.15) is 0 Å². The summed E-state index contributed by atoms with van der Waals surface area (Å²) in [6.45, 7) is 6.80. The number of amides is 2. The van der Waals surface area contributed by atoms with Crippen molar-refractivity contribution in [1.82, 2.24) is 30.5 Å². The van der Waals surface area contributed by atoms with Crippen molar-refractivity contribution in [3.05, 3.63) is 77.8 Å². The first-order valence-electron chi connectivity index (χ1n) is 11.6. The van der Waals surface area contributed by atoms with Crippen molar-refractivity contribution < 1.29 is 4.79 Å². The molecule has 1 saturated heterocycles. The van der Waals surface area contributed by atoms with Crippen LogP contribution in [0.5, 0.6) is 0 Å². The fourth-order valence-corrected chi connectivity index (χ4v) is 4.36. The molecule has 1 aromatic heterocycles. The van der Waals surface area contributed by atoms with Crippen molar-refractivity contribution in [2.75, 3.05) is 18.8 Å². The number of aromatic nitrogens is 3. The van der Waals surface area contributed by atoms with Gasteiger partial charge in [0, 0.05) is 43.1 Å². The lowest BCUT2D eigenvalue weighted by molar-refractivity contribution is 0.237. The van der Waals surface area contributed by atoms with Gasteiger partial charge < -0.3 is 21.3 Å². The second-order valence-corrected chi connectivity index (χ2v) is 8.73. The first kappa shape index (κ1) is 22.6. The smallest absolute Gasteiger partial charge is 0.315 e. The maximum atomic E-state index is 12.2. The molecule has 1 atom stereocenters. The first-order valence-corrected chi connectivity index (χ1v) is 11.6. The summed E-state index contributed by atoms with van der Waals surface area (Å²) in [5.41, 5.74) is 10.7. The predicted molar refractivity (Wildman–Crippen MR) is 130 cm³/mol. The zero-order valence-electron chi connectivity index (χ0n) is 19.0. The van der Waals surface area contributed by atoms with E-state index in [4.69, 9.17) is 5.73 Å². The number of carbonyl (C=O) groups is 1.